The molecule has 1 aliphatic heterocycles. The zero-order valence-corrected chi connectivity index (χ0v) is 11.0. The highest BCUT2D eigenvalue weighted by atomic mass is 79.9. The van der Waals surface area contributed by atoms with Gasteiger partial charge in [0, 0.05) is 6.07 Å². The fraction of sp³-hybridized carbons (Fsp3) is 0.0769. The second kappa shape index (κ2) is 5.64. The van der Waals surface area contributed by atoms with Crippen LogP contribution in [0.25, 0.3) is 0 Å². The quantitative estimate of drug-likeness (QED) is 0.592. The topological polar surface area (TPSA) is 52.4 Å². The minimum atomic E-state index is -0.427. The number of nitrogens with zero attached hydrogens (tertiary/aromatic N) is 1. The molecule has 0 spiro atoms. The van der Waals surface area contributed by atoms with Gasteiger partial charge in [-0.25, -0.2) is 0 Å². The molecule has 0 saturated carbocycles. The maximum Gasteiger partial charge on any atom is 0.283 e. The molecule has 3 rings (SSSR count). The Labute approximate surface area is 112 Å². The summed E-state index contributed by atoms with van der Waals surface area (Å²) in [6.07, 6.45) is 0. The minimum Gasteiger partial charge on any atom is -0.489 e. The third kappa shape index (κ3) is 3.07. The normalized spacial score (nSPS) is 11.2. The second-order valence-electron chi connectivity index (χ2n) is 3.64. The van der Waals surface area contributed by atoms with Gasteiger partial charge in [0.1, 0.15) is 12.4 Å². The highest BCUT2D eigenvalue weighted by Gasteiger charge is 2.07. The van der Waals surface area contributed by atoms with Crippen LogP contribution in [0.5, 0.6) is 5.75 Å². The van der Waals surface area contributed by atoms with Gasteiger partial charge in [-0.1, -0.05) is 24.3 Å². The number of halogens is 1. The average molecular weight is 308 g/mol. The molecule has 0 aliphatic carbocycles. The lowest BCUT2D eigenvalue weighted by molar-refractivity contribution is -0.385. The SMILES string of the molecule is O=[N+]([O-])c1ccccc1Br.c1cc2cc(c1)OC2. The van der Waals surface area contributed by atoms with E-state index in [1.54, 1.807) is 18.2 Å². The van der Waals surface area contributed by atoms with Crippen molar-refractivity contribution in [3.8, 4) is 5.75 Å². The third-order valence-corrected chi connectivity index (χ3v) is 3.02. The Hall–Kier alpha value is -1.88. The molecule has 0 N–H and O–H groups in total. The molecule has 0 amide bonds. The van der Waals surface area contributed by atoms with Crippen LogP contribution < -0.4 is 4.74 Å². The number of nitro groups is 1. The van der Waals surface area contributed by atoms with Gasteiger partial charge in [-0.05, 0) is 39.7 Å². The Morgan fingerprint density at radius 2 is 1.94 bits per heavy atom. The molecule has 1 aliphatic rings. The molecule has 0 atom stereocenters. The molecule has 18 heavy (non-hydrogen) atoms. The lowest BCUT2D eigenvalue weighted by Crippen LogP contribution is -1.87. The molecule has 1 heterocycles. The summed E-state index contributed by atoms with van der Waals surface area (Å²) in [6, 6.07) is 14.5. The van der Waals surface area contributed by atoms with Crippen LogP contribution in [0.2, 0.25) is 0 Å². The van der Waals surface area contributed by atoms with Gasteiger partial charge in [0.15, 0.2) is 0 Å². The van der Waals surface area contributed by atoms with E-state index in [1.807, 2.05) is 12.1 Å². The Kier molecular flexibility index (Phi) is 3.94. The summed E-state index contributed by atoms with van der Waals surface area (Å²) in [6.45, 7) is 0.766. The largest absolute Gasteiger partial charge is 0.489 e. The van der Waals surface area contributed by atoms with Crippen LogP contribution in [0.15, 0.2) is 53.0 Å². The van der Waals surface area contributed by atoms with Crippen molar-refractivity contribution in [1.29, 1.82) is 0 Å². The van der Waals surface area contributed by atoms with Gasteiger partial charge >= 0.3 is 0 Å². The predicted octanol–water partition coefficient (Wildman–Crippen LogP) is 3.94. The average Bonchev–Trinajstić information content (AvgIpc) is 2.69. The fourth-order valence-corrected chi connectivity index (χ4v) is 1.92. The van der Waals surface area contributed by atoms with Crippen LogP contribution in [0, 0.1) is 10.1 Å². The van der Waals surface area contributed by atoms with Crippen LogP contribution in [-0.4, -0.2) is 4.92 Å². The van der Waals surface area contributed by atoms with Crippen molar-refractivity contribution in [2.75, 3.05) is 0 Å². The first-order valence-electron chi connectivity index (χ1n) is 5.27. The molecule has 0 radical (unpaired) electrons. The van der Waals surface area contributed by atoms with Crippen LogP contribution in [-0.2, 0) is 6.61 Å². The molecule has 2 aromatic rings. The van der Waals surface area contributed by atoms with Gasteiger partial charge in [0.25, 0.3) is 5.69 Å². The predicted molar refractivity (Wildman–Crippen MR) is 71.6 cm³/mol. The second-order valence-corrected chi connectivity index (χ2v) is 4.50. The third-order valence-electron chi connectivity index (χ3n) is 2.35. The summed E-state index contributed by atoms with van der Waals surface area (Å²) in [4.78, 5) is 9.77. The molecule has 0 fully saturated rings. The number of nitro benzene ring substituents is 1. The van der Waals surface area contributed by atoms with Gasteiger partial charge < -0.3 is 4.74 Å². The number of benzene rings is 2. The summed E-state index contributed by atoms with van der Waals surface area (Å²) in [5.74, 6) is 1.00. The number of ether oxygens (including phenoxy) is 1. The van der Waals surface area contributed by atoms with E-state index in [1.165, 1.54) is 11.6 Å². The molecule has 5 heteroatoms. The number of rotatable bonds is 1. The van der Waals surface area contributed by atoms with Crippen molar-refractivity contribution in [3.63, 3.8) is 0 Å². The van der Waals surface area contributed by atoms with Gasteiger partial charge in [-0.2, -0.15) is 0 Å². The molecule has 92 valence electrons. The van der Waals surface area contributed by atoms with Crippen LogP contribution in [0.1, 0.15) is 5.56 Å². The molecule has 2 bridgehead atoms. The van der Waals surface area contributed by atoms with E-state index in [2.05, 4.69) is 28.1 Å². The van der Waals surface area contributed by atoms with Crippen molar-refractivity contribution in [3.05, 3.63) is 68.7 Å². The highest BCUT2D eigenvalue weighted by molar-refractivity contribution is 9.10. The van der Waals surface area contributed by atoms with E-state index in [0.717, 1.165) is 12.4 Å². The number of para-hydroxylation sites is 1. The Balaban J connectivity index is 0.000000136. The van der Waals surface area contributed by atoms with E-state index >= 15 is 0 Å². The Morgan fingerprint density at radius 3 is 2.50 bits per heavy atom. The first-order valence-corrected chi connectivity index (χ1v) is 6.07. The minimum absolute atomic E-state index is 0.0995. The fourth-order valence-electron chi connectivity index (χ4n) is 1.49. The van der Waals surface area contributed by atoms with Crippen molar-refractivity contribution in [2.24, 2.45) is 0 Å². The smallest absolute Gasteiger partial charge is 0.283 e. The summed E-state index contributed by atoms with van der Waals surface area (Å²) >= 11 is 3.06. The molecule has 2 aromatic carbocycles. The van der Waals surface area contributed by atoms with Crippen LogP contribution in [0.4, 0.5) is 5.69 Å². The molecule has 0 aromatic heterocycles. The summed E-state index contributed by atoms with van der Waals surface area (Å²) < 4.78 is 5.70. The maximum atomic E-state index is 10.2. The molecule has 4 nitrogen and oxygen atoms in total. The van der Waals surface area contributed by atoms with Crippen LogP contribution >= 0.6 is 15.9 Å². The monoisotopic (exact) mass is 307 g/mol. The lowest BCUT2D eigenvalue weighted by Gasteiger charge is -1.91. The van der Waals surface area contributed by atoms with E-state index in [0.29, 0.717) is 4.47 Å². The molecular weight excluding hydrogens is 298 g/mol. The number of hydrogen-bond donors (Lipinski definition) is 0. The summed E-state index contributed by atoms with van der Waals surface area (Å²) in [7, 11) is 0. The van der Waals surface area contributed by atoms with Gasteiger partial charge in [0.2, 0.25) is 0 Å². The van der Waals surface area contributed by atoms with E-state index < -0.39 is 4.92 Å². The maximum absolute atomic E-state index is 10.2. The standard InChI is InChI=1S/C7H6O.C6H4BrNO2/c1-2-6-4-7(3-1)8-5-6;7-5-3-1-2-4-6(5)8(9)10/h1-4H,5H2;1-4H. The first kappa shape index (κ1) is 12.6. The highest BCUT2D eigenvalue weighted by Crippen LogP contribution is 2.22. The Morgan fingerprint density at radius 1 is 1.17 bits per heavy atom. The van der Waals surface area contributed by atoms with Gasteiger partial charge in [-0.15, -0.1) is 0 Å². The van der Waals surface area contributed by atoms with Gasteiger partial charge in [-0.3, -0.25) is 10.1 Å². The lowest BCUT2D eigenvalue weighted by atomic mass is 10.2. The van der Waals surface area contributed by atoms with E-state index in [9.17, 15) is 10.1 Å². The van der Waals surface area contributed by atoms with E-state index in [-0.39, 0.29) is 5.69 Å². The van der Waals surface area contributed by atoms with Crippen molar-refractivity contribution in [2.45, 2.75) is 6.61 Å². The summed E-state index contributed by atoms with van der Waals surface area (Å²) in [5.41, 5.74) is 1.38. The van der Waals surface area contributed by atoms with Crippen molar-refractivity contribution < 1.29 is 9.66 Å². The number of hydrogen-bond acceptors (Lipinski definition) is 3. The molecule has 0 saturated heterocycles. The summed E-state index contributed by atoms with van der Waals surface area (Å²) in [5, 5.41) is 10.2. The Bertz CT molecular complexity index is 552. The zero-order chi connectivity index (χ0) is 13.0. The van der Waals surface area contributed by atoms with Crippen molar-refractivity contribution in [1.82, 2.24) is 0 Å². The van der Waals surface area contributed by atoms with E-state index in [4.69, 9.17) is 4.74 Å². The molecular formula is C13H10BrNO3. The first-order chi connectivity index (χ1) is 8.66. The van der Waals surface area contributed by atoms with Gasteiger partial charge in [0.05, 0.1) is 9.40 Å². The number of fused-ring (bicyclic) bond motifs is 2. The molecule has 0 unspecified atom stereocenters. The zero-order valence-electron chi connectivity index (χ0n) is 9.38. The van der Waals surface area contributed by atoms with Crippen molar-refractivity contribution >= 4 is 21.6 Å². The van der Waals surface area contributed by atoms with Crippen LogP contribution in [0.3, 0.4) is 0 Å².